The summed E-state index contributed by atoms with van der Waals surface area (Å²) in [6.45, 7) is 0. The van der Waals surface area contributed by atoms with Crippen molar-refractivity contribution in [2.75, 3.05) is 0 Å². The average molecular weight is 270 g/mol. The molecule has 0 bridgehead atoms. The molecule has 98 valence electrons. The number of ketones is 1. The Bertz CT molecular complexity index is 1050. The van der Waals surface area contributed by atoms with Crippen molar-refractivity contribution in [3.8, 4) is 11.3 Å². The summed E-state index contributed by atoms with van der Waals surface area (Å²) >= 11 is 0. The van der Waals surface area contributed by atoms with Gasteiger partial charge in [0.2, 0.25) is 0 Å². The van der Waals surface area contributed by atoms with Crippen molar-refractivity contribution < 1.29 is 4.79 Å². The third kappa shape index (κ3) is 1.23. The van der Waals surface area contributed by atoms with Crippen molar-refractivity contribution >= 4 is 22.1 Å². The van der Waals surface area contributed by atoms with E-state index in [2.05, 4.69) is 5.10 Å². The number of rotatable bonds is 0. The fourth-order valence-electron chi connectivity index (χ4n) is 3.27. The fourth-order valence-corrected chi connectivity index (χ4v) is 3.27. The molecular formula is C18H10N2O. The summed E-state index contributed by atoms with van der Waals surface area (Å²) in [5.74, 6) is 0.0653. The van der Waals surface area contributed by atoms with Crippen LogP contribution in [-0.4, -0.2) is 15.4 Å². The van der Waals surface area contributed by atoms with Crippen LogP contribution in [-0.2, 0) is 0 Å². The van der Waals surface area contributed by atoms with Crippen LogP contribution < -0.4 is 0 Å². The molecule has 0 N–H and O–H groups in total. The van der Waals surface area contributed by atoms with Crippen LogP contribution in [0, 0.1) is 0 Å². The van der Waals surface area contributed by atoms with E-state index in [-0.39, 0.29) is 5.78 Å². The standard InChI is InChI=1S/C18H10N2O/c21-18-13-8-4-6-11-5-3-7-12(15(11)13)17-16(18)14-9-1-2-10-20(14)19-17/h1-10H. The molecule has 1 aliphatic rings. The highest BCUT2D eigenvalue weighted by molar-refractivity contribution is 6.27. The minimum atomic E-state index is 0.0653. The van der Waals surface area contributed by atoms with Gasteiger partial charge in [0, 0.05) is 22.7 Å². The van der Waals surface area contributed by atoms with Crippen molar-refractivity contribution in [2.45, 2.75) is 0 Å². The van der Waals surface area contributed by atoms with Crippen LogP contribution in [0.5, 0.6) is 0 Å². The fraction of sp³-hybridized carbons (Fsp3) is 0. The topological polar surface area (TPSA) is 34.4 Å². The van der Waals surface area contributed by atoms with Crippen molar-refractivity contribution in [2.24, 2.45) is 0 Å². The molecule has 0 radical (unpaired) electrons. The summed E-state index contributed by atoms with van der Waals surface area (Å²) in [6.07, 6.45) is 1.88. The molecule has 3 heteroatoms. The van der Waals surface area contributed by atoms with E-state index in [1.165, 1.54) is 0 Å². The van der Waals surface area contributed by atoms with Crippen molar-refractivity contribution in [3.05, 3.63) is 71.9 Å². The number of fused-ring (bicyclic) bond motifs is 4. The maximum absolute atomic E-state index is 12.9. The monoisotopic (exact) mass is 270 g/mol. The van der Waals surface area contributed by atoms with E-state index >= 15 is 0 Å². The minimum Gasteiger partial charge on any atom is -0.288 e. The van der Waals surface area contributed by atoms with Crippen LogP contribution in [0.15, 0.2) is 60.8 Å². The van der Waals surface area contributed by atoms with E-state index in [9.17, 15) is 4.79 Å². The molecule has 21 heavy (non-hydrogen) atoms. The van der Waals surface area contributed by atoms with Gasteiger partial charge in [0.1, 0.15) is 5.69 Å². The van der Waals surface area contributed by atoms with E-state index in [0.29, 0.717) is 5.56 Å². The molecule has 2 aromatic heterocycles. The molecule has 0 unspecified atom stereocenters. The zero-order valence-electron chi connectivity index (χ0n) is 11.1. The average Bonchev–Trinajstić information content (AvgIpc) is 2.92. The predicted octanol–water partition coefficient (Wildman–Crippen LogP) is 3.70. The van der Waals surface area contributed by atoms with Crippen molar-refractivity contribution in [1.29, 1.82) is 0 Å². The maximum atomic E-state index is 12.9. The Morgan fingerprint density at radius 2 is 1.67 bits per heavy atom. The van der Waals surface area contributed by atoms with Gasteiger partial charge in [-0.05, 0) is 17.5 Å². The molecule has 0 amide bonds. The first kappa shape index (κ1) is 10.8. The highest BCUT2D eigenvalue weighted by Crippen LogP contribution is 2.39. The zero-order chi connectivity index (χ0) is 14.0. The third-order valence-corrected chi connectivity index (χ3v) is 4.17. The molecule has 2 heterocycles. The number of pyridine rings is 1. The van der Waals surface area contributed by atoms with E-state index in [0.717, 1.165) is 33.1 Å². The number of aromatic nitrogens is 2. The van der Waals surface area contributed by atoms with E-state index < -0.39 is 0 Å². The van der Waals surface area contributed by atoms with Crippen LogP contribution in [0.2, 0.25) is 0 Å². The summed E-state index contributed by atoms with van der Waals surface area (Å²) < 4.78 is 1.78. The SMILES string of the molecule is O=C1c2cccc3cccc(c23)-c2nn3ccccc3c21. The van der Waals surface area contributed by atoms with Gasteiger partial charge >= 0.3 is 0 Å². The Labute approximate surface area is 120 Å². The van der Waals surface area contributed by atoms with Gasteiger partial charge < -0.3 is 0 Å². The van der Waals surface area contributed by atoms with Gasteiger partial charge in [0.15, 0.2) is 5.78 Å². The minimum absolute atomic E-state index is 0.0653. The second-order valence-electron chi connectivity index (χ2n) is 5.29. The second-order valence-corrected chi connectivity index (χ2v) is 5.29. The lowest BCUT2D eigenvalue weighted by atomic mass is 9.86. The lowest BCUT2D eigenvalue weighted by Gasteiger charge is -2.15. The Morgan fingerprint density at radius 1 is 0.857 bits per heavy atom. The molecule has 3 nitrogen and oxygen atoms in total. The smallest absolute Gasteiger partial charge is 0.198 e. The lowest BCUT2D eigenvalue weighted by molar-refractivity contribution is 0.104. The van der Waals surface area contributed by atoms with Gasteiger partial charge in [0.25, 0.3) is 0 Å². The molecule has 2 aromatic carbocycles. The van der Waals surface area contributed by atoms with Gasteiger partial charge in [-0.25, -0.2) is 4.52 Å². The largest absolute Gasteiger partial charge is 0.288 e. The van der Waals surface area contributed by atoms with Gasteiger partial charge in [-0.1, -0.05) is 42.5 Å². The molecule has 0 aliphatic heterocycles. The quantitative estimate of drug-likeness (QED) is 0.430. The van der Waals surface area contributed by atoms with Crippen molar-refractivity contribution in [1.82, 2.24) is 9.61 Å². The molecule has 0 fully saturated rings. The highest BCUT2D eigenvalue weighted by atomic mass is 16.1. The zero-order valence-corrected chi connectivity index (χ0v) is 11.1. The first-order valence-electron chi connectivity index (χ1n) is 6.89. The second kappa shape index (κ2) is 3.58. The predicted molar refractivity (Wildman–Crippen MR) is 81.6 cm³/mol. The van der Waals surface area contributed by atoms with E-state index in [1.807, 2.05) is 60.8 Å². The Morgan fingerprint density at radius 3 is 2.52 bits per heavy atom. The first-order valence-corrected chi connectivity index (χ1v) is 6.89. The number of benzene rings is 2. The number of hydrogen-bond acceptors (Lipinski definition) is 2. The van der Waals surface area contributed by atoms with E-state index in [4.69, 9.17) is 0 Å². The number of carbonyl (C=O) groups excluding carboxylic acids is 1. The highest BCUT2D eigenvalue weighted by Gasteiger charge is 2.29. The first-order chi connectivity index (χ1) is 10.3. The number of hydrogen-bond donors (Lipinski definition) is 0. The summed E-state index contributed by atoms with van der Waals surface area (Å²) in [5.41, 5.74) is 4.18. The summed E-state index contributed by atoms with van der Waals surface area (Å²) in [4.78, 5) is 12.9. The summed E-state index contributed by atoms with van der Waals surface area (Å²) in [7, 11) is 0. The number of carbonyl (C=O) groups is 1. The van der Waals surface area contributed by atoms with Gasteiger partial charge in [-0.15, -0.1) is 0 Å². The van der Waals surface area contributed by atoms with Crippen LogP contribution in [0.25, 0.3) is 27.5 Å². The molecule has 5 rings (SSSR count). The lowest BCUT2D eigenvalue weighted by Crippen LogP contribution is -2.08. The van der Waals surface area contributed by atoms with Crippen LogP contribution >= 0.6 is 0 Å². The molecule has 4 aromatic rings. The molecule has 1 aliphatic carbocycles. The molecule has 0 atom stereocenters. The summed E-state index contributed by atoms with van der Waals surface area (Å²) in [6, 6.07) is 17.8. The Hall–Kier alpha value is -2.94. The Balaban J connectivity index is 2.06. The molecule has 0 saturated carbocycles. The number of nitrogens with zero attached hydrogens (tertiary/aromatic N) is 2. The summed E-state index contributed by atoms with van der Waals surface area (Å²) in [5, 5.41) is 6.72. The normalized spacial score (nSPS) is 12.9. The van der Waals surface area contributed by atoms with Gasteiger partial charge in [0.05, 0.1) is 11.1 Å². The van der Waals surface area contributed by atoms with Gasteiger partial charge in [-0.2, -0.15) is 5.10 Å². The molecule has 0 spiro atoms. The van der Waals surface area contributed by atoms with Crippen LogP contribution in [0.4, 0.5) is 0 Å². The van der Waals surface area contributed by atoms with Crippen LogP contribution in [0.1, 0.15) is 15.9 Å². The maximum Gasteiger partial charge on any atom is 0.198 e. The molecular weight excluding hydrogens is 260 g/mol. The third-order valence-electron chi connectivity index (χ3n) is 4.17. The van der Waals surface area contributed by atoms with Crippen LogP contribution in [0.3, 0.4) is 0 Å². The van der Waals surface area contributed by atoms with Crippen molar-refractivity contribution in [3.63, 3.8) is 0 Å². The van der Waals surface area contributed by atoms with E-state index in [1.54, 1.807) is 4.52 Å². The molecule has 0 saturated heterocycles. The Kier molecular flexibility index (Phi) is 1.84. The van der Waals surface area contributed by atoms with Gasteiger partial charge in [-0.3, -0.25) is 4.79 Å².